The highest BCUT2D eigenvalue weighted by Crippen LogP contribution is 2.45. The van der Waals surface area contributed by atoms with E-state index in [9.17, 15) is 9.59 Å². The Labute approximate surface area is 172 Å². The lowest BCUT2D eigenvalue weighted by Crippen LogP contribution is -2.42. The smallest absolute Gasteiger partial charge is 0.420 e. The average Bonchev–Trinajstić information content (AvgIpc) is 3.29. The molecule has 0 spiro atoms. The number of para-hydroxylation sites is 1. The number of hydrogen-bond acceptors (Lipinski definition) is 6. The molecular weight excluding hydrogens is 390 g/mol. The van der Waals surface area contributed by atoms with Crippen LogP contribution in [0.5, 0.6) is 17.2 Å². The monoisotopic (exact) mass is 409 g/mol. The number of ketones is 1. The fourth-order valence-corrected chi connectivity index (χ4v) is 4.09. The van der Waals surface area contributed by atoms with E-state index < -0.39 is 12.1 Å². The lowest BCUT2D eigenvalue weighted by molar-refractivity contribution is 0.0974. The normalized spacial score (nSPS) is 15.4. The third kappa shape index (κ3) is 3.56. The Bertz CT molecular complexity index is 1030. The summed E-state index contributed by atoms with van der Waals surface area (Å²) in [6.07, 6.45) is -0.432. The van der Waals surface area contributed by atoms with Crippen LogP contribution in [-0.2, 0) is 0 Å². The molecule has 6 nitrogen and oxygen atoms in total. The van der Waals surface area contributed by atoms with Gasteiger partial charge in [0.2, 0.25) is 0 Å². The molecule has 0 saturated heterocycles. The summed E-state index contributed by atoms with van der Waals surface area (Å²) in [5.74, 6) is 1.45. The van der Waals surface area contributed by atoms with Crippen molar-refractivity contribution >= 4 is 28.9 Å². The first-order chi connectivity index (χ1) is 14.1. The van der Waals surface area contributed by atoms with Gasteiger partial charge in [-0.2, -0.15) is 0 Å². The summed E-state index contributed by atoms with van der Waals surface area (Å²) in [6, 6.07) is 15.6. The van der Waals surface area contributed by atoms with Crippen LogP contribution in [0.4, 0.5) is 10.5 Å². The molecule has 2 aromatic carbocycles. The number of carbonyl (C=O) groups is 2. The van der Waals surface area contributed by atoms with Gasteiger partial charge in [-0.15, -0.1) is 11.3 Å². The lowest BCUT2D eigenvalue weighted by atomic mass is 9.96. The lowest BCUT2D eigenvalue weighted by Gasteiger charge is -2.36. The Balaban J connectivity index is 1.79. The molecule has 0 fully saturated rings. The van der Waals surface area contributed by atoms with E-state index in [1.165, 1.54) is 23.3 Å². The highest BCUT2D eigenvalue weighted by molar-refractivity contribution is 7.12. The maximum absolute atomic E-state index is 13.0. The maximum Gasteiger partial charge on any atom is 0.420 e. The summed E-state index contributed by atoms with van der Waals surface area (Å²) in [5.41, 5.74) is 1.35. The molecule has 1 aliphatic heterocycles. The minimum Gasteiger partial charge on any atom is -0.497 e. The van der Waals surface area contributed by atoms with Crippen LogP contribution in [0.15, 0.2) is 60.0 Å². The summed E-state index contributed by atoms with van der Waals surface area (Å²) < 4.78 is 16.2. The van der Waals surface area contributed by atoms with Crippen LogP contribution in [0.2, 0.25) is 0 Å². The van der Waals surface area contributed by atoms with Gasteiger partial charge in [0.15, 0.2) is 17.3 Å². The average molecular weight is 409 g/mol. The molecule has 3 aromatic rings. The molecule has 1 aliphatic rings. The van der Waals surface area contributed by atoms with Crippen molar-refractivity contribution in [3.8, 4) is 17.2 Å². The Morgan fingerprint density at radius 2 is 1.86 bits per heavy atom. The number of thiophene rings is 1. The molecule has 0 aliphatic carbocycles. The number of carbonyl (C=O) groups excluding carboxylic acids is 2. The van der Waals surface area contributed by atoms with E-state index in [0.717, 1.165) is 5.56 Å². The first kappa shape index (κ1) is 19.0. The zero-order valence-corrected chi connectivity index (χ0v) is 16.8. The Kier molecular flexibility index (Phi) is 5.22. The molecule has 2 heterocycles. The second kappa shape index (κ2) is 7.97. The Morgan fingerprint density at radius 1 is 1.07 bits per heavy atom. The number of rotatable bonds is 6. The zero-order chi connectivity index (χ0) is 20.4. The molecule has 1 aromatic heterocycles. The van der Waals surface area contributed by atoms with Gasteiger partial charge < -0.3 is 14.2 Å². The number of benzene rings is 2. The maximum atomic E-state index is 13.0. The molecule has 1 amide bonds. The van der Waals surface area contributed by atoms with E-state index in [1.54, 1.807) is 43.5 Å². The summed E-state index contributed by atoms with van der Waals surface area (Å²) in [5, 5.41) is 1.86. The molecule has 29 heavy (non-hydrogen) atoms. The predicted molar refractivity (Wildman–Crippen MR) is 110 cm³/mol. The van der Waals surface area contributed by atoms with E-state index in [2.05, 4.69) is 0 Å². The van der Waals surface area contributed by atoms with Crippen LogP contribution in [0, 0.1) is 0 Å². The van der Waals surface area contributed by atoms with Crippen LogP contribution in [0.1, 0.15) is 27.7 Å². The van der Waals surface area contributed by atoms with Gasteiger partial charge in [-0.1, -0.05) is 18.2 Å². The van der Waals surface area contributed by atoms with Crippen LogP contribution >= 0.6 is 11.3 Å². The first-order valence-electron chi connectivity index (χ1n) is 9.01. The number of methoxy groups -OCH3 is 2. The van der Waals surface area contributed by atoms with Crippen molar-refractivity contribution in [2.45, 2.75) is 12.5 Å². The first-order valence-corrected chi connectivity index (χ1v) is 9.89. The van der Waals surface area contributed by atoms with Gasteiger partial charge >= 0.3 is 6.09 Å². The molecule has 1 unspecified atom stereocenters. The molecule has 4 rings (SSSR count). The molecule has 0 radical (unpaired) electrons. The summed E-state index contributed by atoms with van der Waals surface area (Å²) >= 11 is 1.39. The van der Waals surface area contributed by atoms with Crippen LogP contribution in [0.3, 0.4) is 0 Å². The largest absolute Gasteiger partial charge is 0.497 e. The van der Waals surface area contributed by atoms with E-state index in [0.29, 0.717) is 27.8 Å². The van der Waals surface area contributed by atoms with Crippen molar-refractivity contribution < 1.29 is 23.8 Å². The number of hydrogen-bond donors (Lipinski definition) is 0. The summed E-state index contributed by atoms with van der Waals surface area (Å²) in [7, 11) is 3.10. The van der Waals surface area contributed by atoms with Gasteiger partial charge in [-0.05, 0) is 41.8 Å². The SMILES string of the molecule is COc1ccc(N2C(=O)Oc3c(OC)cccc3C2CC(=O)c2cccs2)cc1. The van der Waals surface area contributed by atoms with E-state index in [-0.39, 0.29) is 12.2 Å². The highest BCUT2D eigenvalue weighted by atomic mass is 32.1. The van der Waals surface area contributed by atoms with Gasteiger partial charge in [0.1, 0.15) is 5.75 Å². The zero-order valence-electron chi connectivity index (χ0n) is 16.0. The van der Waals surface area contributed by atoms with E-state index in [1.807, 2.05) is 23.6 Å². The van der Waals surface area contributed by atoms with Gasteiger partial charge in [0.05, 0.1) is 25.1 Å². The van der Waals surface area contributed by atoms with Gasteiger partial charge in [0, 0.05) is 17.7 Å². The van der Waals surface area contributed by atoms with E-state index >= 15 is 0 Å². The second-order valence-corrected chi connectivity index (χ2v) is 7.38. The van der Waals surface area contributed by atoms with Crippen molar-refractivity contribution in [2.75, 3.05) is 19.1 Å². The van der Waals surface area contributed by atoms with E-state index in [4.69, 9.17) is 14.2 Å². The summed E-state index contributed by atoms with van der Waals surface area (Å²) in [6.45, 7) is 0. The van der Waals surface area contributed by atoms with Gasteiger partial charge in [0.25, 0.3) is 0 Å². The number of fused-ring (bicyclic) bond motifs is 1. The molecular formula is C22H19NO5S. The minimum atomic E-state index is -0.559. The topological polar surface area (TPSA) is 65.1 Å². The number of amides is 1. The standard InChI is InChI=1S/C22H19NO5S/c1-26-15-10-8-14(9-11-15)23-17(13-18(24)20-7-4-12-29-20)16-5-3-6-19(27-2)21(16)28-22(23)25/h3-12,17H,13H2,1-2H3. The van der Waals surface area contributed by atoms with Crippen molar-refractivity contribution in [3.05, 3.63) is 70.4 Å². The van der Waals surface area contributed by atoms with Crippen molar-refractivity contribution in [2.24, 2.45) is 0 Å². The van der Waals surface area contributed by atoms with Crippen LogP contribution in [0.25, 0.3) is 0 Å². The molecule has 0 saturated carbocycles. The quantitative estimate of drug-likeness (QED) is 0.530. The van der Waals surface area contributed by atoms with Crippen LogP contribution < -0.4 is 19.1 Å². The molecule has 7 heteroatoms. The molecule has 0 bridgehead atoms. The third-order valence-electron chi connectivity index (χ3n) is 4.81. The number of ether oxygens (including phenoxy) is 3. The number of anilines is 1. The van der Waals surface area contributed by atoms with Gasteiger partial charge in [-0.3, -0.25) is 9.69 Å². The molecule has 0 N–H and O–H groups in total. The summed E-state index contributed by atoms with van der Waals surface area (Å²) in [4.78, 5) is 28.0. The Morgan fingerprint density at radius 3 is 2.52 bits per heavy atom. The van der Waals surface area contributed by atoms with Crippen LogP contribution in [-0.4, -0.2) is 26.1 Å². The highest BCUT2D eigenvalue weighted by Gasteiger charge is 2.38. The minimum absolute atomic E-state index is 0.0352. The van der Waals surface area contributed by atoms with Crippen molar-refractivity contribution in [1.82, 2.24) is 0 Å². The number of nitrogens with zero attached hydrogens (tertiary/aromatic N) is 1. The Hall–Kier alpha value is -3.32. The molecule has 148 valence electrons. The fourth-order valence-electron chi connectivity index (χ4n) is 3.41. The van der Waals surface area contributed by atoms with Crippen molar-refractivity contribution in [1.29, 1.82) is 0 Å². The second-order valence-electron chi connectivity index (χ2n) is 6.44. The fraction of sp³-hybridized carbons (Fsp3) is 0.182. The molecule has 1 atom stereocenters. The van der Waals surface area contributed by atoms with Gasteiger partial charge in [-0.25, -0.2) is 4.79 Å². The number of Topliss-reactive ketones (excluding diaryl/α,β-unsaturated/α-hetero) is 1. The van der Waals surface area contributed by atoms with Crippen molar-refractivity contribution in [3.63, 3.8) is 0 Å². The third-order valence-corrected chi connectivity index (χ3v) is 5.72. The predicted octanol–water partition coefficient (Wildman–Crippen LogP) is 5.10.